The summed E-state index contributed by atoms with van der Waals surface area (Å²) in [7, 11) is 2.23. The predicted molar refractivity (Wildman–Crippen MR) is 46.3 cm³/mol. The molecule has 2 fully saturated rings. The SMILES string of the molecule is CN1CCCC2(CC2CN)C1. The average molecular weight is 154 g/mol. The van der Waals surface area contributed by atoms with Crippen LogP contribution in [0.5, 0.6) is 0 Å². The molecule has 2 heteroatoms. The van der Waals surface area contributed by atoms with Crippen LogP contribution in [0.15, 0.2) is 0 Å². The van der Waals surface area contributed by atoms with Gasteiger partial charge in [-0.1, -0.05) is 0 Å². The zero-order valence-corrected chi connectivity index (χ0v) is 7.34. The molecule has 1 heterocycles. The molecule has 64 valence electrons. The van der Waals surface area contributed by atoms with E-state index in [-0.39, 0.29) is 0 Å². The first-order valence-electron chi connectivity index (χ1n) is 4.65. The maximum Gasteiger partial charge on any atom is 0.00382 e. The molecule has 1 saturated heterocycles. The molecule has 0 aromatic heterocycles. The van der Waals surface area contributed by atoms with Crippen LogP contribution in [0, 0.1) is 11.3 Å². The Labute approximate surface area is 68.7 Å². The quantitative estimate of drug-likeness (QED) is 0.601. The van der Waals surface area contributed by atoms with E-state index in [0.29, 0.717) is 5.41 Å². The summed E-state index contributed by atoms with van der Waals surface area (Å²) in [6.07, 6.45) is 4.21. The number of nitrogens with zero attached hydrogens (tertiary/aromatic N) is 1. The van der Waals surface area contributed by atoms with E-state index < -0.39 is 0 Å². The first kappa shape index (κ1) is 7.56. The van der Waals surface area contributed by atoms with Crippen LogP contribution in [0.2, 0.25) is 0 Å². The van der Waals surface area contributed by atoms with Gasteiger partial charge in [-0.15, -0.1) is 0 Å². The highest BCUT2D eigenvalue weighted by atomic mass is 15.1. The fourth-order valence-corrected chi connectivity index (χ4v) is 2.66. The maximum atomic E-state index is 5.67. The van der Waals surface area contributed by atoms with Crippen molar-refractivity contribution >= 4 is 0 Å². The highest BCUT2D eigenvalue weighted by Gasteiger charge is 2.53. The lowest BCUT2D eigenvalue weighted by atomic mass is 9.93. The van der Waals surface area contributed by atoms with Gasteiger partial charge in [-0.2, -0.15) is 0 Å². The van der Waals surface area contributed by atoms with Crippen LogP contribution in [-0.4, -0.2) is 31.6 Å². The molecule has 2 unspecified atom stereocenters. The molecule has 2 rings (SSSR count). The number of hydrogen-bond donors (Lipinski definition) is 1. The Morgan fingerprint density at radius 2 is 2.45 bits per heavy atom. The van der Waals surface area contributed by atoms with Crippen LogP contribution in [-0.2, 0) is 0 Å². The first-order chi connectivity index (χ1) is 5.27. The predicted octanol–water partition coefficient (Wildman–Crippen LogP) is 0.677. The van der Waals surface area contributed by atoms with E-state index in [1.807, 2.05) is 0 Å². The van der Waals surface area contributed by atoms with Crippen molar-refractivity contribution in [2.24, 2.45) is 17.1 Å². The molecule has 0 radical (unpaired) electrons. The molecule has 1 aliphatic heterocycles. The molecule has 0 bridgehead atoms. The second kappa shape index (κ2) is 2.46. The summed E-state index contributed by atoms with van der Waals surface area (Å²) in [6.45, 7) is 3.50. The van der Waals surface area contributed by atoms with Gasteiger partial charge in [0.05, 0.1) is 0 Å². The van der Waals surface area contributed by atoms with Gasteiger partial charge < -0.3 is 10.6 Å². The van der Waals surface area contributed by atoms with Crippen LogP contribution in [0.1, 0.15) is 19.3 Å². The van der Waals surface area contributed by atoms with Crippen molar-refractivity contribution < 1.29 is 0 Å². The molecule has 2 aliphatic rings. The summed E-state index contributed by atoms with van der Waals surface area (Å²) in [5, 5.41) is 0. The fraction of sp³-hybridized carbons (Fsp3) is 1.00. The lowest BCUT2D eigenvalue weighted by molar-refractivity contribution is 0.182. The van der Waals surface area contributed by atoms with Gasteiger partial charge in [-0.25, -0.2) is 0 Å². The zero-order chi connectivity index (χ0) is 7.90. The van der Waals surface area contributed by atoms with E-state index in [1.165, 1.54) is 32.4 Å². The van der Waals surface area contributed by atoms with Gasteiger partial charge in [-0.3, -0.25) is 0 Å². The van der Waals surface area contributed by atoms with Crippen LogP contribution in [0.3, 0.4) is 0 Å². The topological polar surface area (TPSA) is 29.3 Å². The molecule has 2 atom stereocenters. The van der Waals surface area contributed by atoms with Gasteiger partial charge in [0.15, 0.2) is 0 Å². The van der Waals surface area contributed by atoms with Crippen molar-refractivity contribution in [3.63, 3.8) is 0 Å². The van der Waals surface area contributed by atoms with Crippen molar-refractivity contribution in [1.82, 2.24) is 4.90 Å². The van der Waals surface area contributed by atoms with E-state index in [1.54, 1.807) is 0 Å². The minimum absolute atomic E-state index is 0.668. The maximum absolute atomic E-state index is 5.67. The normalized spacial score (nSPS) is 44.7. The van der Waals surface area contributed by atoms with Crippen LogP contribution in [0.4, 0.5) is 0 Å². The highest BCUT2D eigenvalue weighted by molar-refractivity contribution is 5.05. The van der Waals surface area contributed by atoms with Crippen molar-refractivity contribution in [1.29, 1.82) is 0 Å². The van der Waals surface area contributed by atoms with Gasteiger partial charge in [0, 0.05) is 6.54 Å². The monoisotopic (exact) mass is 154 g/mol. The number of hydrogen-bond acceptors (Lipinski definition) is 2. The Morgan fingerprint density at radius 3 is 3.00 bits per heavy atom. The van der Waals surface area contributed by atoms with E-state index in [2.05, 4.69) is 11.9 Å². The average Bonchev–Trinajstić information content (AvgIpc) is 2.63. The van der Waals surface area contributed by atoms with Crippen LogP contribution < -0.4 is 5.73 Å². The van der Waals surface area contributed by atoms with Crippen molar-refractivity contribution in [2.45, 2.75) is 19.3 Å². The Kier molecular flexibility index (Phi) is 1.69. The van der Waals surface area contributed by atoms with E-state index >= 15 is 0 Å². The molecule has 2 nitrogen and oxygen atoms in total. The van der Waals surface area contributed by atoms with E-state index in [9.17, 15) is 0 Å². The molecule has 1 aliphatic carbocycles. The van der Waals surface area contributed by atoms with E-state index in [0.717, 1.165) is 12.5 Å². The minimum Gasteiger partial charge on any atom is -0.330 e. The summed E-state index contributed by atoms with van der Waals surface area (Å²) >= 11 is 0. The summed E-state index contributed by atoms with van der Waals surface area (Å²) in [4.78, 5) is 2.46. The number of piperidine rings is 1. The lowest BCUT2D eigenvalue weighted by Gasteiger charge is -2.30. The summed E-state index contributed by atoms with van der Waals surface area (Å²) in [5.74, 6) is 0.852. The van der Waals surface area contributed by atoms with Gasteiger partial charge in [0.2, 0.25) is 0 Å². The third kappa shape index (κ3) is 1.18. The van der Waals surface area contributed by atoms with Gasteiger partial charge in [-0.05, 0) is 50.7 Å². The smallest absolute Gasteiger partial charge is 0.00382 e. The Bertz CT molecular complexity index is 158. The van der Waals surface area contributed by atoms with Gasteiger partial charge in [0.25, 0.3) is 0 Å². The van der Waals surface area contributed by atoms with E-state index in [4.69, 9.17) is 5.73 Å². The standard InChI is InChI=1S/C9H18N2/c1-11-4-2-3-9(7-11)5-8(9)6-10/h8H,2-7,10H2,1H3. The molecule has 2 N–H and O–H groups in total. The van der Waals surface area contributed by atoms with Crippen molar-refractivity contribution in [2.75, 3.05) is 26.7 Å². The molecular formula is C9H18N2. The molecule has 0 aromatic carbocycles. The minimum atomic E-state index is 0.668. The third-order valence-electron chi connectivity index (χ3n) is 3.44. The summed E-state index contributed by atoms with van der Waals surface area (Å²) in [5.41, 5.74) is 6.33. The number of rotatable bonds is 1. The third-order valence-corrected chi connectivity index (χ3v) is 3.44. The summed E-state index contributed by atoms with van der Waals surface area (Å²) < 4.78 is 0. The Morgan fingerprint density at radius 1 is 1.64 bits per heavy atom. The van der Waals surface area contributed by atoms with Gasteiger partial charge in [0.1, 0.15) is 0 Å². The zero-order valence-electron chi connectivity index (χ0n) is 7.34. The second-order valence-electron chi connectivity index (χ2n) is 4.34. The largest absolute Gasteiger partial charge is 0.330 e. The van der Waals surface area contributed by atoms with Crippen LogP contribution >= 0.6 is 0 Å². The van der Waals surface area contributed by atoms with Gasteiger partial charge >= 0.3 is 0 Å². The molecule has 1 saturated carbocycles. The van der Waals surface area contributed by atoms with Crippen molar-refractivity contribution in [3.05, 3.63) is 0 Å². The first-order valence-corrected chi connectivity index (χ1v) is 4.65. The molecule has 0 amide bonds. The molecule has 0 aromatic rings. The second-order valence-corrected chi connectivity index (χ2v) is 4.34. The lowest BCUT2D eigenvalue weighted by Crippen LogP contribution is -2.35. The number of likely N-dealkylation sites (tertiary alicyclic amines) is 1. The Balaban J connectivity index is 1.95. The molecular weight excluding hydrogens is 136 g/mol. The molecule has 11 heavy (non-hydrogen) atoms. The van der Waals surface area contributed by atoms with Crippen LogP contribution in [0.25, 0.3) is 0 Å². The highest BCUT2D eigenvalue weighted by Crippen LogP contribution is 2.56. The molecule has 1 spiro atoms. The van der Waals surface area contributed by atoms with Crippen molar-refractivity contribution in [3.8, 4) is 0 Å². The fourth-order valence-electron chi connectivity index (χ4n) is 2.66. The Hall–Kier alpha value is -0.0800. The number of nitrogens with two attached hydrogens (primary N) is 1. The summed E-state index contributed by atoms with van der Waals surface area (Å²) in [6, 6.07) is 0.